The van der Waals surface area contributed by atoms with Gasteiger partial charge in [0.25, 0.3) is 5.56 Å². The lowest BCUT2D eigenvalue weighted by molar-refractivity contribution is -0.172. The zero-order valence-corrected chi connectivity index (χ0v) is 21.4. The van der Waals surface area contributed by atoms with Gasteiger partial charge in [0, 0.05) is 34.7 Å². The molecule has 0 amide bonds. The molecule has 0 unspecified atom stereocenters. The van der Waals surface area contributed by atoms with Gasteiger partial charge in [0.2, 0.25) is 0 Å². The number of carbonyl (C=O) groups excluding carboxylic acids is 1. The highest BCUT2D eigenvalue weighted by Gasteiger charge is 2.47. The number of ether oxygens (including phenoxy) is 1. The molecule has 6 rings (SSSR count). The van der Waals surface area contributed by atoms with Gasteiger partial charge in [0.15, 0.2) is 5.60 Å². The summed E-state index contributed by atoms with van der Waals surface area (Å²) in [6.45, 7) is 6.10. The molecule has 194 valence electrons. The van der Waals surface area contributed by atoms with Crippen LogP contribution in [0.3, 0.4) is 0 Å². The number of nitrogens with zero attached hydrogens (tertiary/aromatic N) is 3. The number of fused-ring (bicyclic) bond motifs is 5. The lowest BCUT2D eigenvalue weighted by atomic mass is 9.73. The van der Waals surface area contributed by atoms with Crippen molar-refractivity contribution in [2.24, 2.45) is 0 Å². The van der Waals surface area contributed by atoms with Gasteiger partial charge in [-0.05, 0) is 62.9 Å². The Kier molecular flexibility index (Phi) is 5.19. The number of hydrogen-bond donors (Lipinski definition) is 2. The number of aromatic nitrogens is 2. The first-order valence-corrected chi connectivity index (χ1v) is 12.7. The number of cyclic esters (lactones) is 1. The van der Waals surface area contributed by atoms with Gasteiger partial charge in [-0.25, -0.2) is 14.2 Å². The molecule has 9 heteroatoms. The van der Waals surface area contributed by atoms with Crippen molar-refractivity contribution >= 4 is 16.9 Å². The van der Waals surface area contributed by atoms with Crippen molar-refractivity contribution in [1.29, 1.82) is 0 Å². The van der Waals surface area contributed by atoms with Crippen LogP contribution in [0.15, 0.2) is 16.9 Å². The summed E-state index contributed by atoms with van der Waals surface area (Å²) in [5, 5.41) is 21.8. The van der Waals surface area contributed by atoms with Crippen LogP contribution in [-0.4, -0.2) is 50.8 Å². The zero-order chi connectivity index (χ0) is 26.4. The normalized spacial score (nSPS) is 23.7. The Morgan fingerprint density at radius 2 is 2.00 bits per heavy atom. The van der Waals surface area contributed by atoms with E-state index >= 15 is 4.39 Å². The molecule has 3 aromatic rings. The largest absolute Gasteiger partial charge is 0.458 e. The second kappa shape index (κ2) is 7.93. The van der Waals surface area contributed by atoms with Crippen LogP contribution in [0.25, 0.3) is 22.3 Å². The Balaban J connectivity index is 1.70. The summed E-state index contributed by atoms with van der Waals surface area (Å²) in [6, 6.07) is 3.13. The number of aliphatic hydroxyl groups is 2. The lowest BCUT2D eigenvalue weighted by Crippen LogP contribution is -2.45. The second-order valence-corrected chi connectivity index (χ2v) is 10.7. The van der Waals surface area contributed by atoms with Crippen molar-refractivity contribution in [2.75, 3.05) is 20.2 Å². The highest BCUT2D eigenvalue weighted by atomic mass is 19.1. The molecule has 2 aromatic heterocycles. The Labute approximate surface area is 213 Å². The van der Waals surface area contributed by atoms with E-state index in [-0.39, 0.29) is 48.7 Å². The van der Waals surface area contributed by atoms with E-state index in [0.29, 0.717) is 41.9 Å². The standard InChI is InChI=1S/C28H30FN3O5/c1-5-28(36)18-10-21-24-16(12-32(21)25(34)17(18)13-37-26(28)35)23-22-15(14(2)19(29)11-20(22)30-24)6-7-27(23,3)31(4)8-9-33/h10-11,33,36H,5-9,12-13H2,1-4H3/t27-,28-/m0/s1. The van der Waals surface area contributed by atoms with E-state index in [0.717, 1.165) is 22.1 Å². The topological polar surface area (TPSA) is 105 Å². The van der Waals surface area contributed by atoms with Crippen molar-refractivity contribution in [3.05, 3.63) is 61.7 Å². The predicted octanol–water partition coefficient (Wildman–Crippen LogP) is 2.61. The van der Waals surface area contributed by atoms with E-state index in [1.165, 1.54) is 6.07 Å². The fraction of sp³-hybridized carbons (Fsp3) is 0.464. The van der Waals surface area contributed by atoms with Crippen molar-refractivity contribution in [3.63, 3.8) is 0 Å². The van der Waals surface area contributed by atoms with Crippen LogP contribution in [0.5, 0.6) is 0 Å². The Morgan fingerprint density at radius 3 is 2.70 bits per heavy atom. The first-order chi connectivity index (χ1) is 17.6. The average Bonchev–Trinajstić information content (AvgIpc) is 3.24. The Morgan fingerprint density at radius 1 is 1.24 bits per heavy atom. The Bertz CT molecular complexity index is 1580. The summed E-state index contributed by atoms with van der Waals surface area (Å²) in [4.78, 5) is 33.2. The number of halogens is 1. The van der Waals surface area contributed by atoms with Crippen LogP contribution in [0, 0.1) is 12.7 Å². The first-order valence-electron chi connectivity index (χ1n) is 12.7. The molecule has 2 N–H and O–H groups in total. The minimum atomic E-state index is -1.91. The zero-order valence-electron chi connectivity index (χ0n) is 21.4. The van der Waals surface area contributed by atoms with E-state index in [2.05, 4.69) is 11.8 Å². The van der Waals surface area contributed by atoms with Crippen LogP contribution >= 0.6 is 0 Å². The van der Waals surface area contributed by atoms with Gasteiger partial charge in [-0.3, -0.25) is 9.69 Å². The summed E-state index contributed by atoms with van der Waals surface area (Å²) in [6.07, 6.45) is 1.44. The molecule has 1 aromatic carbocycles. The number of aryl methyl sites for hydroxylation is 1. The van der Waals surface area contributed by atoms with Gasteiger partial charge in [0.05, 0.1) is 35.6 Å². The maximum atomic E-state index is 15.0. The molecule has 4 heterocycles. The number of likely N-dealkylation sites (N-methyl/N-ethyl adjacent to an activating group) is 1. The van der Waals surface area contributed by atoms with Gasteiger partial charge in [-0.2, -0.15) is 0 Å². The second-order valence-electron chi connectivity index (χ2n) is 10.7. The van der Waals surface area contributed by atoms with Crippen LogP contribution in [0.1, 0.15) is 60.1 Å². The fourth-order valence-corrected chi connectivity index (χ4v) is 6.57. The lowest BCUT2D eigenvalue weighted by Gasteiger charge is -2.44. The van der Waals surface area contributed by atoms with E-state index in [1.54, 1.807) is 24.5 Å². The van der Waals surface area contributed by atoms with Gasteiger partial charge in [0.1, 0.15) is 12.4 Å². The number of pyridine rings is 2. The van der Waals surface area contributed by atoms with E-state index in [4.69, 9.17) is 9.72 Å². The predicted molar refractivity (Wildman–Crippen MR) is 135 cm³/mol. The molecule has 2 atom stereocenters. The highest BCUT2D eigenvalue weighted by molar-refractivity contribution is 5.93. The smallest absolute Gasteiger partial charge is 0.343 e. The monoisotopic (exact) mass is 507 g/mol. The first kappa shape index (κ1) is 24.2. The fourth-order valence-electron chi connectivity index (χ4n) is 6.57. The SMILES string of the molecule is CC[C@@]1(O)C(=O)OCc2c1cc1n(c2=O)Cc2c-1nc1cc(F)c(C)c3c1c2[C@@](C)(N(C)CCO)CC3. The van der Waals surface area contributed by atoms with E-state index in [9.17, 15) is 19.8 Å². The number of esters is 1. The third-order valence-electron chi connectivity index (χ3n) is 8.98. The number of rotatable bonds is 4. The Hall–Kier alpha value is -3.14. The average molecular weight is 508 g/mol. The number of carbonyl (C=O) groups is 1. The van der Waals surface area contributed by atoms with Gasteiger partial charge in [-0.1, -0.05) is 6.92 Å². The summed E-state index contributed by atoms with van der Waals surface area (Å²) >= 11 is 0. The van der Waals surface area contributed by atoms with Crippen molar-refractivity contribution in [1.82, 2.24) is 14.5 Å². The highest BCUT2D eigenvalue weighted by Crippen LogP contribution is 2.49. The number of benzene rings is 1. The van der Waals surface area contributed by atoms with Crippen molar-refractivity contribution < 1.29 is 24.1 Å². The molecule has 3 aliphatic rings. The molecule has 0 bridgehead atoms. The van der Waals surface area contributed by atoms with Crippen LogP contribution in [0.4, 0.5) is 4.39 Å². The molecule has 2 aliphatic heterocycles. The summed E-state index contributed by atoms with van der Waals surface area (Å²) < 4.78 is 21.8. The molecular weight excluding hydrogens is 477 g/mol. The third-order valence-corrected chi connectivity index (χ3v) is 8.98. The molecule has 37 heavy (non-hydrogen) atoms. The van der Waals surface area contributed by atoms with Crippen LogP contribution in [0.2, 0.25) is 0 Å². The van der Waals surface area contributed by atoms with Crippen LogP contribution < -0.4 is 5.56 Å². The molecule has 1 aliphatic carbocycles. The quantitative estimate of drug-likeness (QED) is 0.409. The third kappa shape index (κ3) is 3.02. The summed E-state index contributed by atoms with van der Waals surface area (Å²) in [5.74, 6) is -1.09. The van der Waals surface area contributed by atoms with Crippen molar-refractivity contribution in [2.45, 2.75) is 64.3 Å². The summed E-state index contributed by atoms with van der Waals surface area (Å²) in [7, 11) is 1.97. The minimum absolute atomic E-state index is 0.00611. The maximum absolute atomic E-state index is 15.0. The molecule has 0 fully saturated rings. The van der Waals surface area contributed by atoms with Gasteiger partial charge < -0.3 is 19.5 Å². The van der Waals surface area contributed by atoms with Gasteiger partial charge >= 0.3 is 5.97 Å². The van der Waals surface area contributed by atoms with Crippen LogP contribution in [-0.2, 0) is 40.2 Å². The molecular formula is C28H30FN3O5. The molecule has 8 nitrogen and oxygen atoms in total. The molecule has 0 radical (unpaired) electrons. The summed E-state index contributed by atoms with van der Waals surface area (Å²) in [5.41, 5.74) is 2.75. The van der Waals surface area contributed by atoms with Gasteiger partial charge in [-0.15, -0.1) is 0 Å². The van der Waals surface area contributed by atoms with Crippen molar-refractivity contribution in [3.8, 4) is 11.4 Å². The maximum Gasteiger partial charge on any atom is 0.343 e. The minimum Gasteiger partial charge on any atom is -0.458 e. The molecule has 0 spiro atoms. The van der Waals surface area contributed by atoms with E-state index < -0.39 is 17.1 Å². The number of aliphatic hydroxyl groups excluding tert-OH is 1. The van der Waals surface area contributed by atoms with E-state index in [1.807, 2.05) is 7.05 Å². The molecule has 0 saturated heterocycles. The number of hydrogen-bond acceptors (Lipinski definition) is 7. The molecule has 0 saturated carbocycles.